The molecule has 1 aromatic rings. The Labute approximate surface area is 188 Å². The number of hydrogen-bond donors (Lipinski definition) is 2. The molecule has 9 nitrogen and oxygen atoms in total. The highest BCUT2D eigenvalue weighted by Gasteiger charge is 2.45. The summed E-state index contributed by atoms with van der Waals surface area (Å²) in [6.07, 6.45) is -2.33. The molecule has 2 unspecified atom stereocenters. The molecule has 32 heavy (non-hydrogen) atoms. The summed E-state index contributed by atoms with van der Waals surface area (Å²) < 4.78 is 32.5. The van der Waals surface area contributed by atoms with Crippen molar-refractivity contribution in [3.05, 3.63) is 42.0 Å². The Morgan fingerprint density at radius 1 is 1.06 bits per heavy atom. The predicted octanol–water partition coefficient (Wildman–Crippen LogP) is 1.16. The quantitative estimate of drug-likeness (QED) is 0.355. The lowest BCUT2D eigenvalue weighted by Crippen LogP contribution is -2.59. The predicted molar refractivity (Wildman–Crippen MR) is 116 cm³/mol. The maximum absolute atomic E-state index is 11.9. The van der Waals surface area contributed by atoms with Gasteiger partial charge in [-0.1, -0.05) is 30.3 Å². The lowest BCUT2D eigenvalue weighted by Gasteiger charge is -2.41. The molecule has 1 saturated heterocycles. The van der Waals surface area contributed by atoms with Gasteiger partial charge in [0, 0.05) is 20.3 Å². The van der Waals surface area contributed by atoms with Crippen molar-refractivity contribution in [2.45, 2.75) is 56.8 Å². The monoisotopic (exact) mass is 454 g/mol. The van der Waals surface area contributed by atoms with E-state index in [1.807, 2.05) is 37.3 Å². The van der Waals surface area contributed by atoms with Crippen molar-refractivity contribution >= 4 is 12.0 Å². The van der Waals surface area contributed by atoms with Crippen LogP contribution in [0.2, 0.25) is 0 Å². The SMILES string of the molecule is CO[C@@H]1O[C@H](COCC(C)OCC(C)OC(=O)/C=C/c2ccccc2)[C@@H](OC)[C@H](O)[C@H]1O. The van der Waals surface area contributed by atoms with Crippen LogP contribution in [0.1, 0.15) is 19.4 Å². The zero-order valence-electron chi connectivity index (χ0n) is 19.0. The van der Waals surface area contributed by atoms with E-state index < -0.39 is 42.8 Å². The molecule has 0 radical (unpaired) electrons. The molecule has 1 fully saturated rings. The molecule has 0 aromatic heterocycles. The number of methoxy groups -OCH3 is 2. The number of hydrogen-bond acceptors (Lipinski definition) is 9. The van der Waals surface area contributed by atoms with Gasteiger partial charge in [0.25, 0.3) is 0 Å². The van der Waals surface area contributed by atoms with Gasteiger partial charge in [-0.25, -0.2) is 4.79 Å². The summed E-state index contributed by atoms with van der Waals surface area (Å²) in [4.78, 5) is 11.9. The maximum atomic E-state index is 11.9. The number of carbonyl (C=O) groups is 1. The van der Waals surface area contributed by atoms with Crippen molar-refractivity contribution in [1.29, 1.82) is 0 Å². The minimum atomic E-state index is -1.21. The third-order valence-electron chi connectivity index (χ3n) is 4.92. The van der Waals surface area contributed by atoms with Crippen molar-refractivity contribution in [2.24, 2.45) is 0 Å². The Morgan fingerprint density at radius 3 is 2.44 bits per heavy atom. The van der Waals surface area contributed by atoms with E-state index in [-0.39, 0.29) is 25.9 Å². The molecule has 2 N–H and O–H groups in total. The summed E-state index contributed by atoms with van der Waals surface area (Å²) in [5.41, 5.74) is 0.913. The van der Waals surface area contributed by atoms with Crippen LogP contribution in [0.25, 0.3) is 6.08 Å². The number of rotatable bonds is 12. The van der Waals surface area contributed by atoms with Gasteiger partial charge >= 0.3 is 5.97 Å². The number of aliphatic hydroxyl groups excluding tert-OH is 2. The van der Waals surface area contributed by atoms with E-state index in [0.717, 1.165) is 5.56 Å². The van der Waals surface area contributed by atoms with Gasteiger partial charge in [-0.15, -0.1) is 0 Å². The van der Waals surface area contributed by atoms with Gasteiger partial charge in [-0.2, -0.15) is 0 Å². The topological polar surface area (TPSA) is 113 Å². The Bertz CT molecular complexity index is 696. The van der Waals surface area contributed by atoms with Gasteiger partial charge in [0.1, 0.15) is 30.5 Å². The molecule has 0 aliphatic carbocycles. The van der Waals surface area contributed by atoms with E-state index in [0.29, 0.717) is 0 Å². The first-order valence-electron chi connectivity index (χ1n) is 10.6. The fourth-order valence-corrected chi connectivity index (χ4v) is 3.22. The molecule has 0 amide bonds. The van der Waals surface area contributed by atoms with E-state index >= 15 is 0 Å². The Hall–Kier alpha value is -1.85. The summed E-state index contributed by atoms with van der Waals surface area (Å²) in [5.74, 6) is -0.442. The zero-order valence-corrected chi connectivity index (χ0v) is 19.0. The van der Waals surface area contributed by atoms with Gasteiger partial charge in [0.15, 0.2) is 6.29 Å². The van der Waals surface area contributed by atoms with E-state index in [1.165, 1.54) is 20.3 Å². The summed E-state index contributed by atoms with van der Waals surface area (Å²) >= 11 is 0. The van der Waals surface area contributed by atoms with Crippen molar-refractivity contribution < 1.29 is 43.4 Å². The standard InChI is InChI=1S/C23H34O9/c1-15(12-29-14-18-22(27-3)20(25)21(26)23(28-4)32-18)30-13-16(2)31-19(24)11-10-17-8-6-5-7-9-17/h5-11,15-16,18,20-23,25-26H,12-14H2,1-4H3/b11-10+/t15?,16?,18-,20-,21-,22-,23-/m1/s1. The van der Waals surface area contributed by atoms with Gasteiger partial charge in [-0.3, -0.25) is 0 Å². The normalized spacial score (nSPS) is 27.9. The summed E-state index contributed by atoms with van der Waals surface area (Å²) in [5, 5.41) is 20.1. The molecular formula is C23H34O9. The molecule has 0 spiro atoms. The Morgan fingerprint density at radius 2 is 1.78 bits per heavy atom. The van der Waals surface area contributed by atoms with E-state index in [1.54, 1.807) is 13.0 Å². The van der Waals surface area contributed by atoms with Crippen molar-refractivity contribution in [1.82, 2.24) is 0 Å². The van der Waals surface area contributed by atoms with Gasteiger partial charge in [-0.05, 0) is 25.5 Å². The first-order valence-corrected chi connectivity index (χ1v) is 10.6. The van der Waals surface area contributed by atoms with Gasteiger partial charge in [0.05, 0.1) is 25.9 Å². The number of ether oxygens (including phenoxy) is 6. The smallest absolute Gasteiger partial charge is 0.331 e. The van der Waals surface area contributed by atoms with Crippen LogP contribution in [0.15, 0.2) is 36.4 Å². The minimum absolute atomic E-state index is 0.116. The lowest BCUT2D eigenvalue weighted by atomic mass is 9.99. The third-order valence-corrected chi connectivity index (χ3v) is 4.92. The van der Waals surface area contributed by atoms with Crippen LogP contribution in [0, 0.1) is 0 Å². The fourth-order valence-electron chi connectivity index (χ4n) is 3.22. The average molecular weight is 455 g/mol. The Kier molecular flexibility index (Phi) is 11.3. The van der Waals surface area contributed by atoms with E-state index in [2.05, 4.69) is 0 Å². The summed E-state index contributed by atoms with van der Waals surface area (Å²) in [7, 11) is 2.81. The van der Waals surface area contributed by atoms with Crippen molar-refractivity contribution in [3.8, 4) is 0 Å². The maximum Gasteiger partial charge on any atom is 0.331 e. The molecule has 9 heteroatoms. The second-order valence-electron chi connectivity index (χ2n) is 7.63. The summed E-state index contributed by atoms with van der Waals surface area (Å²) in [6, 6.07) is 9.47. The van der Waals surface area contributed by atoms with E-state index in [9.17, 15) is 15.0 Å². The van der Waals surface area contributed by atoms with Crippen LogP contribution in [-0.4, -0.2) is 93.1 Å². The molecule has 7 atom stereocenters. The second-order valence-corrected chi connectivity index (χ2v) is 7.63. The van der Waals surface area contributed by atoms with Crippen molar-refractivity contribution in [3.63, 3.8) is 0 Å². The minimum Gasteiger partial charge on any atom is -0.457 e. The van der Waals surface area contributed by atoms with Crippen LogP contribution in [0.4, 0.5) is 0 Å². The van der Waals surface area contributed by atoms with Crippen LogP contribution < -0.4 is 0 Å². The molecule has 1 aliphatic rings. The van der Waals surface area contributed by atoms with E-state index in [4.69, 9.17) is 28.4 Å². The van der Waals surface area contributed by atoms with Crippen molar-refractivity contribution in [2.75, 3.05) is 34.0 Å². The highest BCUT2D eigenvalue weighted by Crippen LogP contribution is 2.24. The second kappa shape index (κ2) is 13.6. The average Bonchev–Trinajstić information content (AvgIpc) is 2.79. The molecule has 180 valence electrons. The molecule has 2 rings (SSSR count). The number of aliphatic hydroxyl groups is 2. The van der Waals surface area contributed by atoms with Crippen LogP contribution >= 0.6 is 0 Å². The number of esters is 1. The third kappa shape index (κ3) is 8.25. The molecule has 1 aromatic carbocycles. The molecule has 0 saturated carbocycles. The lowest BCUT2D eigenvalue weighted by molar-refractivity contribution is -0.300. The molecular weight excluding hydrogens is 420 g/mol. The van der Waals surface area contributed by atoms with Crippen LogP contribution in [0.3, 0.4) is 0 Å². The van der Waals surface area contributed by atoms with Gasteiger partial charge < -0.3 is 38.6 Å². The molecule has 1 aliphatic heterocycles. The zero-order chi connectivity index (χ0) is 23.5. The summed E-state index contributed by atoms with van der Waals surface area (Å²) in [6.45, 7) is 4.16. The number of benzene rings is 1. The first-order chi connectivity index (χ1) is 15.3. The Balaban J connectivity index is 1.67. The molecule has 0 bridgehead atoms. The first kappa shape index (κ1) is 26.4. The van der Waals surface area contributed by atoms with Crippen LogP contribution in [0.5, 0.6) is 0 Å². The fraction of sp³-hybridized carbons (Fsp3) is 0.609. The largest absolute Gasteiger partial charge is 0.457 e. The number of carbonyl (C=O) groups excluding carboxylic acids is 1. The molecule has 1 heterocycles. The highest BCUT2D eigenvalue weighted by atomic mass is 16.7. The van der Waals surface area contributed by atoms with Crippen LogP contribution in [-0.2, 0) is 33.2 Å². The highest BCUT2D eigenvalue weighted by molar-refractivity contribution is 5.87. The van der Waals surface area contributed by atoms with Gasteiger partial charge in [0.2, 0.25) is 0 Å².